The Bertz CT molecular complexity index is 1050. The zero-order valence-corrected chi connectivity index (χ0v) is 15.5. The van der Waals surface area contributed by atoms with Crippen LogP contribution < -0.4 is 15.0 Å². The summed E-state index contributed by atoms with van der Waals surface area (Å²) in [4.78, 5) is 37.5. The van der Waals surface area contributed by atoms with Gasteiger partial charge >= 0.3 is 0 Å². The molecular formula is C23H18N2O4. The fraction of sp³-hybridized carbons (Fsp3) is 0.0870. The highest BCUT2D eigenvalue weighted by Gasteiger charge is 2.30. The molecule has 4 rings (SSSR count). The number of nitrogens with zero attached hydrogens (tertiary/aromatic N) is 1. The minimum atomic E-state index is -0.331. The largest absolute Gasteiger partial charge is 0.457 e. The van der Waals surface area contributed by atoms with E-state index in [2.05, 4.69) is 5.32 Å². The Kier molecular flexibility index (Phi) is 5.07. The molecule has 0 spiro atoms. The first-order chi connectivity index (χ1) is 14.1. The molecule has 0 bridgehead atoms. The number of carbonyl (C=O) groups excluding carboxylic acids is 3. The van der Waals surface area contributed by atoms with Crippen molar-refractivity contribution in [3.05, 3.63) is 84.4 Å². The number of anilines is 2. The van der Waals surface area contributed by atoms with Gasteiger partial charge in [0.05, 0.1) is 5.69 Å². The van der Waals surface area contributed by atoms with E-state index in [-0.39, 0.29) is 30.6 Å². The monoisotopic (exact) mass is 386 g/mol. The Morgan fingerprint density at radius 1 is 0.793 bits per heavy atom. The molecule has 144 valence electrons. The van der Waals surface area contributed by atoms with Crippen molar-refractivity contribution in [3.8, 4) is 11.5 Å². The number of rotatable bonds is 5. The molecular weight excluding hydrogens is 368 g/mol. The first-order valence-corrected chi connectivity index (χ1v) is 9.20. The van der Waals surface area contributed by atoms with Crippen molar-refractivity contribution in [1.82, 2.24) is 0 Å². The van der Waals surface area contributed by atoms with Gasteiger partial charge in [-0.3, -0.25) is 19.3 Å². The molecule has 6 heteroatoms. The number of hydrogen-bond donors (Lipinski definition) is 1. The normalized spacial score (nSPS) is 13.4. The first kappa shape index (κ1) is 18.4. The second-order valence-corrected chi connectivity index (χ2v) is 6.57. The van der Waals surface area contributed by atoms with Crippen molar-refractivity contribution >= 4 is 29.1 Å². The van der Waals surface area contributed by atoms with Crippen LogP contribution in [0.25, 0.3) is 0 Å². The molecule has 0 atom stereocenters. The van der Waals surface area contributed by atoms with Gasteiger partial charge < -0.3 is 10.1 Å². The third-order valence-corrected chi connectivity index (χ3v) is 4.51. The van der Waals surface area contributed by atoms with E-state index in [4.69, 9.17) is 4.74 Å². The predicted molar refractivity (Wildman–Crippen MR) is 109 cm³/mol. The average molecular weight is 386 g/mol. The molecule has 1 saturated heterocycles. The van der Waals surface area contributed by atoms with Gasteiger partial charge in [0.25, 0.3) is 5.91 Å². The van der Waals surface area contributed by atoms with Crippen LogP contribution >= 0.6 is 0 Å². The molecule has 0 unspecified atom stereocenters. The lowest BCUT2D eigenvalue weighted by Gasteiger charge is -2.15. The van der Waals surface area contributed by atoms with Crippen LogP contribution in [0, 0.1) is 0 Å². The van der Waals surface area contributed by atoms with Crippen molar-refractivity contribution in [2.24, 2.45) is 0 Å². The minimum Gasteiger partial charge on any atom is -0.457 e. The number of imide groups is 1. The zero-order chi connectivity index (χ0) is 20.2. The Morgan fingerprint density at radius 3 is 2.14 bits per heavy atom. The van der Waals surface area contributed by atoms with Gasteiger partial charge in [0.2, 0.25) is 11.8 Å². The summed E-state index contributed by atoms with van der Waals surface area (Å²) in [6.45, 7) is 0. The van der Waals surface area contributed by atoms with Gasteiger partial charge in [-0.15, -0.1) is 0 Å². The molecule has 3 amide bonds. The van der Waals surface area contributed by atoms with Crippen LogP contribution in [0.1, 0.15) is 23.2 Å². The van der Waals surface area contributed by atoms with E-state index in [1.807, 2.05) is 30.3 Å². The summed E-state index contributed by atoms with van der Waals surface area (Å²) in [5.41, 5.74) is 1.38. The molecule has 0 saturated carbocycles. The number of nitrogens with one attached hydrogen (secondary N) is 1. The molecule has 29 heavy (non-hydrogen) atoms. The lowest BCUT2D eigenvalue weighted by molar-refractivity contribution is -0.121. The molecule has 3 aromatic rings. The number of hydrogen-bond acceptors (Lipinski definition) is 4. The smallest absolute Gasteiger partial charge is 0.255 e. The maximum atomic E-state index is 12.6. The summed E-state index contributed by atoms with van der Waals surface area (Å²) in [5.74, 6) is 0.556. The van der Waals surface area contributed by atoms with Crippen molar-refractivity contribution in [2.45, 2.75) is 12.8 Å². The number of benzene rings is 3. The van der Waals surface area contributed by atoms with E-state index in [1.165, 1.54) is 0 Å². The van der Waals surface area contributed by atoms with Crippen LogP contribution in [0.3, 0.4) is 0 Å². The second-order valence-electron chi connectivity index (χ2n) is 6.57. The summed E-state index contributed by atoms with van der Waals surface area (Å²) in [5, 5.41) is 2.81. The van der Waals surface area contributed by atoms with E-state index < -0.39 is 0 Å². The van der Waals surface area contributed by atoms with E-state index in [1.54, 1.807) is 48.5 Å². The molecule has 0 radical (unpaired) electrons. The molecule has 6 nitrogen and oxygen atoms in total. The lowest BCUT2D eigenvalue weighted by atomic mass is 10.1. The van der Waals surface area contributed by atoms with Crippen LogP contribution in [0.2, 0.25) is 0 Å². The highest BCUT2D eigenvalue weighted by atomic mass is 16.5. The molecule has 1 heterocycles. The Morgan fingerprint density at radius 2 is 1.45 bits per heavy atom. The Balaban J connectivity index is 1.45. The highest BCUT2D eigenvalue weighted by Crippen LogP contribution is 2.25. The molecule has 1 N–H and O–H groups in total. The second kappa shape index (κ2) is 7.98. The van der Waals surface area contributed by atoms with E-state index >= 15 is 0 Å². The fourth-order valence-electron chi connectivity index (χ4n) is 3.08. The Hall–Kier alpha value is -3.93. The van der Waals surface area contributed by atoms with Crippen molar-refractivity contribution < 1.29 is 19.1 Å². The molecule has 0 aliphatic carbocycles. The SMILES string of the molecule is O=C(Nc1ccc(Oc2ccccc2)cc1)c1cccc(N2C(=O)CCC2=O)c1. The van der Waals surface area contributed by atoms with Crippen LogP contribution in [0.4, 0.5) is 11.4 Å². The maximum absolute atomic E-state index is 12.6. The van der Waals surface area contributed by atoms with Crippen molar-refractivity contribution in [1.29, 1.82) is 0 Å². The number of ether oxygens (including phenoxy) is 1. The molecule has 1 aliphatic rings. The number of carbonyl (C=O) groups is 3. The van der Waals surface area contributed by atoms with Crippen molar-refractivity contribution in [3.63, 3.8) is 0 Å². The van der Waals surface area contributed by atoms with Gasteiger partial charge in [0.1, 0.15) is 11.5 Å². The fourth-order valence-corrected chi connectivity index (χ4v) is 3.08. The molecule has 1 aliphatic heterocycles. The lowest BCUT2D eigenvalue weighted by Crippen LogP contribution is -2.28. The van der Waals surface area contributed by atoms with Gasteiger partial charge in [-0.05, 0) is 54.6 Å². The molecule has 0 aromatic heterocycles. The highest BCUT2D eigenvalue weighted by molar-refractivity contribution is 6.20. The van der Waals surface area contributed by atoms with Crippen molar-refractivity contribution in [2.75, 3.05) is 10.2 Å². The summed E-state index contributed by atoms with van der Waals surface area (Å²) in [6.07, 6.45) is 0.402. The maximum Gasteiger partial charge on any atom is 0.255 e. The third kappa shape index (κ3) is 4.16. The van der Waals surface area contributed by atoms with Gasteiger partial charge in [-0.1, -0.05) is 24.3 Å². The predicted octanol–water partition coefficient (Wildman–Crippen LogP) is 4.38. The summed E-state index contributed by atoms with van der Waals surface area (Å²) in [7, 11) is 0. The Labute approximate surface area is 167 Å². The minimum absolute atomic E-state index is 0.201. The zero-order valence-electron chi connectivity index (χ0n) is 15.5. The standard InChI is InChI=1S/C23H18N2O4/c26-21-13-14-22(27)25(21)18-6-4-5-16(15-18)23(28)24-17-9-11-20(12-10-17)29-19-7-2-1-3-8-19/h1-12,15H,13-14H2,(H,24,28). The molecule has 3 aromatic carbocycles. The third-order valence-electron chi connectivity index (χ3n) is 4.51. The first-order valence-electron chi connectivity index (χ1n) is 9.20. The summed E-state index contributed by atoms with van der Waals surface area (Å²) < 4.78 is 5.73. The quantitative estimate of drug-likeness (QED) is 0.660. The topological polar surface area (TPSA) is 75.7 Å². The van der Waals surface area contributed by atoms with E-state index in [0.717, 1.165) is 10.6 Å². The van der Waals surface area contributed by atoms with Gasteiger partial charge in [-0.2, -0.15) is 0 Å². The number of amides is 3. The van der Waals surface area contributed by atoms with Crippen LogP contribution in [-0.2, 0) is 9.59 Å². The summed E-state index contributed by atoms with van der Waals surface area (Å²) in [6, 6.07) is 22.9. The van der Waals surface area contributed by atoms with E-state index in [9.17, 15) is 14.4 Å². The van der Waals surface area contributed by atoms with Crippen LogP contribution in [0.15, 0.2) is 78.9 Å². The van der Waals surface area contributed by atoms with Gasteiger partial charge in [0, 0.05) is 24.1 Å². The van der Waals surface area contributed by atoms with Gasteiger partial charge in [-0.25, -0.2) is 0 Å². The summed E-state index contributed by atoms with van der Waals surface area (Å²) >= 11 is 0. The number of para-hydroxylation sites is 1. The van der Waals surface area contributed by atoms with Crippen LogP contribution in [0.5, 0.6) is 11.5 Å². The molecule has 1 fully saturated rings. The van der Waals surface area contributed by atoms with E-state index in [0.29, 0.717) is 22.7 Å². The average Bonchev–Trinajstić information content (AvgIpc) is 3.08. The van der Waals surface area contributed by atoms with Crippen LogP contribution in [-0.4, -0.2) is 17.7 Å². The van der Waals surface area contributed by atoms with Gasteiger partial charge in [0.15, 0.2) is 0 Å².